The van der Waals surface area contributed by atoms with Gasteiger partial charge in [-0.15, -0.1) is 0 Å². The number of carbonyl (C=O) groups excluding carboxylic acids is 4. The topological polar surface area (TPSA) is 111 Å². The minimum atomic E-state index is -1.09. The average Bonchev–Trinajstić information content (AvgIpc) is 2.89. The molecule has 0 saturated heterocycles. The predicted octanol–water partition coefficient (Wildman–Crippen LogP) is 2.61. The molecule has 0 radical (unpaired) electrons. The number of fused-ring (bicyclic) bond motifs is 1. The molecule has 1 aliphatic rings. The number of benzene rings is 2. The maximum Gasteiger partial charge on any atom is 0.411 e. The molecular weight excluding hydrogens is 452 g/mol. The van der Waals surface area contributed by atoms with Crippen molar-refractivity contribution in [2.75, 3.05) is 14.2 Å². The molecule has 0 bridgehead atoms. The molecule has 9 nitrogen and oxygen atoms in total. The fourth-order valence-electron chi connectivity index (χ4n) is 4.03. The van der Waals surface area contributed by atoms with Crippen molar-refractivity contribution in [1.29, 1.82) is 0 Å². The van der Waals surface area contributed by atoms with Crippen LogP contribution in [0.2, 0.25) is 0 Å². The van der Waals surface area contributed by atoms with E-state index in [4.69, 9.17) is 9.47 Å². The first-order chi connectivity index (χ1) is 16.8. The van der Waals surface area contributed by atoms with Crippen LogP contribution < -0.4 is 5.32 Å². The van der Waals surface area contributed by atoms with E-state index in [1.807, 2.05) is 54.6 Å². The van der Waals surface area contributed by atoms with Crippen LogP contribution in [0.4, 0.5) is 4.79 Å². The number of nitrogens with one attached hydrogen (secondary N) is 1. The van der Waals surface area contributed by atoms with Gasteiger partial charge < -0.3 is 19.5 Å². The fourth-order valence-corrected chi connectivity index (χ4v) is 4.03. The van der Waals surface area contributed by atoms with Crippen LogP contribution in [0.5, 0.6) is 0 Å². The largest absolute Gasteiger partial charge is 0.469 e. The Kier molecular flexibility index (Phi) is 8.83. The van der Waals surface area contributed by atoms with E-state index in [-0.39, 0.29) is 26.0 Å². The number of hydrogen-bond acceptors (Lipinski definition) is 7. The van der Waals surface area contributed by atoms with Gasteiger partial charge in [0.15, 0.2) is 0 Å². The van der Waals surface area contributed by atoms with Crippen LogP contribution in [0.15, 0.2) is 54.6 Å². The molecule has 0 aliphatic carbocycles. The van der Waals surface area contributed by atoms with Gasteiger partial charge in [-0.3, -0.25) is 14.5 Å². The van der Waals surface area contributed by atoms with E-state index in [2.05, 4.69) is 10.1 Å². The Labute approximate surface area is 204 Å². The monoisotopic (exact) mass is 482 g/mol. The minimum absolute atomic E-state index is 0.0626. The third kappa shape index (κ3) is 6.59. The Morgan fingerprint density at radius 3 is 2.29 bits per heavy atom. The molecule has 1 aliphatic heterocycles. The Hall–Kier alpha value is -3.88. The molecule has 0 saturated carbocycles. The molecule has 2 aromatic rings. The zero-order valence-electron chi connectivity index (χ0n) is 20.1. The first-order valence-corrected chi connectivity index (χ1v) is 11.3. The Bertz CT molecular complexity index is 1060. The van der Waals surface area contributed by atoms with Crippen molar-refractivity contribution in [2.45, 2.75) is 45.0 Å². The van der Waals surface area contributed by atoms with E-state index in [9.17, 15) is 19.2 Å². The molecule has 9 heteroatoms. The summed E-state index contributed by atoms with van der Waals surface area (Å²) in [5, 5.41) is 2.69. The molecule has 186 valence electrons. The van der Waals surface area contributed by atoms with Crippen LogP contribution in [0.3, 0.4) is 0 Å². The first kappa shape index (κ1) is 25.7. The third-order valence-electron chi connectivity index (χ3n) is 6.03. The van der Waals surface area contributed by atoms with Gasteiger partial charge in [-0.2, -0.15) is 0 Å². The molecule has 2 aromatic carbocycles. The van der Waals surface area contributed by atoms with Crippen LogP contribution in [-0.4, -0.2) is 55.1 Å². The number of amides is 2. The SMILES string of the molecule is COC(=O)C[C@H](C)[C@@H](NC(=O)[C@@H]1Cc2ccccc2CN1C(=O)OCc1ccccc1)C(=O)OC. The zero-order chi connectivity index (χ0) is 25.4. The summed E-state index contributed by atoms with van der Waals surface area (Å²) in [6.45, 7) is 1.89. The number of nitrogens with zero attached hydrogens (tertiary/aromatic N) is 1. The van der Waals surface area contributed by atoms with E-state index >= 15 is 0 Å². The molecular formula is C26H30N2O7. The van der Waals surface area contributed by atoms with E-state index in [0.717, 1.165) is 16.7 Å². The Morgan fingerprint density at radius 2 is 1.63 bits per heavy atom. The van der Waals surface area contributed by atoms with Crippen LogP contribution in [0, 0.1) is 5.92 Å². The summed E-state index contributed by atoms with van der Waals surface area (Å²) in [6, 6.07) is 14.8. The van der Waals surface area contributed by atoms with E-state index < -0.39 is 41.9 Å². The van der Waals surface area contributed by atoms with E-state index in [0.29, 0.717) is 0 Å². The lowest BCUT2D eigenvalue weighted by Gasteiger charge is -2.36. The third-order valence-corrected chi connectivity index (χ3v) is 6.03. The maximum absolute atomic E-state index is 13.4. The lowest BCUT2D eigenvalue weighted by Crippen LogP contribution is -2.57. The fraction of sp³-hybridized carbons (Fsp3) is 0.385. The number of methoxy groups -OCH3 is 2. The average molecular weight is 483 g/mol. The normalized spacial score (nSPS) is 16.3. The van der Waals surface area contributed by atoms with Crippen molar-refractivity contribution in [3.05, 3.63) is 71.3 Å². The van der Waals surface area contributed by atoms with Gasteiger partial charge in [0, 0.05) is 6.42 Å². The summed E-state index contributed by atoms with van der Waals surface area (Å²) in [4.78, 5) is 52.0. The highest BCUT2D eigenvalue weighted by Gasteiger charge is 2.38. The van der Waals surface area contributed by atoms with Gasteiger partial charge >= 0.3 is 18.0 Å². The van der Waals surface area contributed by atoms with Crippen molar-refractivity contribution in [2.24, 2.45) is 5.92 Å². The highest BCUT2D eigenvalue weighted by molar-refractivity contribution is 5.90. The van der Waals surface area contributed by atoms with Gasteiger partial charge in [0.25, 0.3) is 0 Å². The molecule has 1 N–H and O–H groups in total. The number of carbonyl (C=O) groups is 4. The number of esters is 2. The zero-order valence-corrected chi connectivity index (χ0v) is 20.1. The highest BCUT2D eigenvalue weighted by atomic mass is 16.6. The number of ether oxygens (including phenoxy) is 3. The predicted molar refractivity (Wildman–Crippen MR) is 126 cm³/mol. The molecule has 35 heavy (non-hydrogen) atoms. The molecule has 2 amide bonds. The second kappa shape index (κ2) is 12.0. The molecule has 3 rings (SSSR count). The van der Waals surface area contributed by atoms with Gasteiger partial charge in [-0.25, -0.2) is 9.59 Å². The van der Waals surface area contributed by atoms with Crippen LogP contribution in [0.1, 0.15) is 30.0 Å². The quantitative estimate of drug-likeness (QED) is 0.455. The van der Waals surface area contributed by atoms with Gasteiger partial charge in [-0.05, 0) is 22.6 Å². The first-order valence-electron chi connectivity index (χ1n) is 11.3. The lowest BCUT2D eigenvalue weighted by molar-refractivity contribution is -0.149. The van der Waals surface area contributed by atoms with E-state index in [1.165, 1.54) is 19.1 Å². The summed E-state index contributed by atoms with van der Waals surface area (Å²) in [6.07, 6.45) is -0.477. The summed E-state index contributed by atoms with van der Waals surface area (Å²) >= 11 is 0. The maximum atomic E-state index is 13.4. The van der Waals surface area contributed by atoms with Gasteiger partial charge in [0.1, 0.15) is 18.7 Å². The van der Waals surface area contributed by atoms with Crippen molar-refractivity contribution in [1.82, 2.24) is 10.2 Å². The molecule has 1 heterocycles. The number of hydrogen-bond donors (Lipinski definition) is 1. The molecule has 0 unspecified atom stereocenters. The van der Waals surface area contributed by atoms with Gasteiger partial charge in [-0.1, -0.05) is 61.5 Å². The van der Waals surface area contributed by atoms with Crippen molar-refractivity contribution < 1.29 is 33.4 Å². The lowest BCUT2D eigenvalue weighted by atomic mass is 9.92. The summed E-state index contributed by atoms with van der Waals surface area (Å²) in [5.74, 6) is -2.33. The van der Waals surface area contributed by atoms with Gasteiger partial charge in [0.2, 0.25) is 5.91 Å². The summed E-state index contributed by atoms with van der Waals surface area (Å²) in [7, 11) is 2.45. The van der Waals surface area contributed by atoms with Crippen LogP contribution in [0.25, 0.3) is 0 Å². The van der Waals surface area contributed by atoms with Gasteiger partial charge in [0.05, 0.1) is 27.2 Å². The second-order valence-corrected chi connectivity index (χ2v) is 8.42. The van der Waals surface area contributed by atoms with Crippen LogP contribution in [-0.2, 0) is 48.2 Å². The van der Waals surface area contributed by atoms with E-state index in [1.54, 1.807) is 6.92 Å². The minimum Gasteiger partial charge on any atom is -0.469 e. The molecule has 0 fully saturated rings. The Balaban J connectivity index is 1.80. The number of rotatable bonds is 8. The standard InChI is InChI=1S/C26H30N2O7/c1-17(13-22(29)33-2)23(25(31)34-3)27-24(30)21-14-19-11-7-8-12-20(19)15-28(21)26(32)35-16-18-9-5-4-6-10-18/h4-12,17,21,23H,13-16H2,1-3H3,(H,27,30)/t17-,21-,23+/m0/s1. The molecule has 0 spiro atoms. The van der Waals surface area contributed by atoms with Crippen molar-refractivity contribution >= 4 is 23.9 Å². The second-order valence-electron chi connectivity index (χ2n) is 8.42. The summed E-state index contributed by atoms with van der Waals surface area (Å²) < 4.78 is 15.0. The highest BCUT2D eigenvalue weighted by Crippen LogP contribution is 2.25. The Morgan fingerprint density at radius 1 is 0.971 bits per heavy atom. The smallest absolute Gasteiger partial charge is 0.411 e. The molecule has 0 aromatic heterocycles. The van der Waals surface area contributed by atoms with Crippen molar-refractivity contribution in [3.63, 3.8) is 0 Å². The van der Waals surface area contributed by atoms with Crippen LogP contribution >= 0.6 is 0 Å². The van der Waals surface area contributed by atoms with Crippen molar-refractivity contribution in [3.8, 4) is 0 Å². The summed E-state index contributed by atoms with van der Waals surface area (Å²) in [5.41, 5.74) is 2.66. The molecule has 3 atom stereocenters.